The zero-order chi connectivity index (χ0) is 11.7. The third kappa shape index (κ3) is 2.12. The van der Waals surface area contributed by atoms with Crippen molar-refractivity contribution in [2.45, 2.75) is 5.92 Å². The van der Waals surface area contributed by atoms with Crippen molar-refractivity contribution in [2.75, 3.05) is 51.3 Å². The molecule has 2 fully saturated rings. The summed E-state index contributed by atoms with van der Waals surface area (Å²) in [5.41, 5.74) is 1.16. The Balaban J connectivity index is 1.82. The van der Waals surface area contributed by atoms with Crippen LogP contribution in [0.15, 0.2) is 12.4 Å². The summed E-state index contributed by atoms with van der Waals surface area (Å²) in [6.07, 6.45) is 3.59. The van der Waals surface area contributed by atoms with E-state index in [2.05, 4.69) is 26.8 Å². The smallest absolute Gasteiger partial charge is 0.150 e. The van der Waals surface area contributed by atoms with E-state index in [4.69, 9.17) is 4.74 Å². The summed E-state index contributed by atoms with van der Waals surface area (Å²) in [6.45, 7) is 5.62. The third-order valence-corrected chi connectivity index (χ3v) is 3.47. The first-order chi connectivity index (χ1) is 8.34. The zero-order valence-corrected chi connectivity index (χ0v) is 10.2. The fourth-order valence-electron chi connectivity index (χ4n) is 2.52. The number of aromatic nitrogens is 2. The van der Waals surface area contributed by atoms with Crippen molar-refractivity contribution in [3.63, 3.8) is 0 Å². The summed E-state index contributed by atoms with van der Waals surface area (Å²) >= 11 is 0. The molecule has 0 saturated carbocycles. The van der Waals surface area contributed by atoms with E-state index in [1.807, 2.05) is 0 Å². The van der Waals surface area contributed by atoms with Crippen LogP contribution in [0.3, 0.4) is 0 Å². The van der Waals surface area contributed by atoms with Crippen LogP contribution in [0.25, 0.3) is 0 Å². The molecule has 1 aromatic heterocycles. The molecule has 17 heavy (non-hydrogen) atoms. The van der Waals surface area contributed by atoms with Crippen LogP contribution >= 0.6 is 0 Å². The van der Waals surface area contributed by atoms with Gasteiger partial charge in [-0.05, 0) is 7.05 Å². The molecule has 0 N–H and O–H groups in total. The molecule has 2 aliphatic rings. The van der Waals surface area contributed by atoms with Crippen LogP contribution in [0.2, 0.25) is 0 Å². The second-order valence-electron chi connectivity index (χ2n) is 4.78. The predicted molar refractivity (Wildman–Crippen MR) is 65.3 cm³/mol. The van der Waals surface area contributed by atoms with Crippen LogP contribution in [0.5, 0.6) is 0 Å². The lowest BCUT2D eigenvalue weighted by molar-refractivity contribution is 0.122. The summed E-state index contributed by atoms with van der Waals surface area (Å²) in [4.78, 5) is 13.7. The molecule has 5 nitrogen and oxygen atoms in total. The van der Waals surface area contributed by atoms with E-state index in [1.165, 1.54) is 0 Å². The number of likely N-dealkylation sites (tertiary alicyclic amines) is 1. The minimum absolute atomic E-state index is 0.548. The maximum atomic E-state index is 5.38. The fourth-order valence-corrected chi connectivity index (χ4v) is 2.52. The van der Waals surface area contributed by atoms with Crippen LogP contribution in [-0.4, -0.2) is 61.3 Å². The van der Waals surface area contributed by atoms with Gasteiger partial charge in [0.25, 0.3) is 0 Å². The van der Waals surface area contributed by atoms with Crippen molar-refractivity contribution < 1.29 is 4.74 Å². The largest absolute Gasteiger partial charge is 0.378 e. The van der Waals surface area contributed by atoms with Crippen molar-refractivity contribution in [3.05, 3.63) is 18.1 Å². The predicted octanol–water partition coefficient (Wildman–Crippen LogP) is 0.342. The molecule has 0 radical (unpaired) electrons. The summed E-state index contributed by atoms with van der Waals surface area (Å²) in [5, 5.41) is 0. The maximum Gasteiger partial charge on any atom is 0.150 e. The van der Waals surface area contributed by atoms with E-state index in [9.17, 15) is 0 Å². The molecule has 0 unspecified atom stereocenters. The number of hydrogen-bond donors (Lipinski definition) is 0. The molecule has 0 bridgehead atoms. The SMILES string of the molecule is CN1CC(c2nccnc2N2CCOCC2)C1. The van der Waals surface area contributed by atoms with E-state index in [-0.39, 0.29) is 0 Å². The van der Waals surface area contributed by atoms with Gasteiger partial charge in [-0.3, -0.25) is 4.98 Å². The van der Waals surface area contributed by atoms with Gasteiger partial charge in [0, 0.05) is 44.5 Å². The number of anilines is 1. The van der Waals surface area contributed by atoms with Crippen molar-refractivity contribution in [2.24, 2.45) is 0 Å². The van der Waals surface area contributed by atoms with Gasteiger partial charge in [0.1, 0.15) is 0 Å². The van der Waals surface area contributed by atoms with E-state index in [0.29, 0.717) is 5.92 Å². The summed E-state index contributed by atoms with van der Waals surface area (Å²) in [5.74, 6) is 1.61. The lowest BCUT2D eigenvalue weighted by Gasteiger charge is -2.38. The first-order valence-corrected chi connectivity index (χ1v) is 6.17. The quantitative estimate of drug-likeness (QED) is 0.738. The average molecular weight is 234 g/mol. The van der Waals surface area contributed by atoms with Gasteiger partial charge in [-0.2, -0.15) is 0 Å². The number of morpholine rings is 1. The number of ether oxygens (including phenoxy) is 1. The van der Waals surface area contributed by atoms with Gasteiger partial charge < -0.3 is 14.5 Å². The highest BCUT2D eigenvalue weighted by molar-refractivity contribution is 5.46. The Morgan fingerprint density at radius 2 is 1.88 bits per heavy atom. The van der Waals surface area contributed by atoms with Crippen molar-refractivity contribution in [1.29, 1.82) is 0 Å². The Hall–Kier alpha value is -1.20. The Bertz CT molecular complexity index is 386. The Morgan fingerprint density at radius 3 is 2.59 bits per heavy atom. The van der Waals surface area contributed by atoms with Crippen LogP contribution in [0, 0.1) is 0 Å². The minimum atomic E-state index is 0.548. The second kappa shape index (κ2) is 4.58. The molecular formula is C12H18N4O. The van der Waals surface area contributed by atoms with Gasteiger partial charge in [0.15, 0.2) is 5.82 Å². The van der Waals surface area contributed by atoms with Crippen molar-refractivity contribution in [3.8, 4) is 0 Å². The summed E-state index contributed by atoms with van der Waals surface area (Å²) < 4.78 is 5.38. The number of nitrogens with zero attached hydrogens (tertiary/aromatic N) is 4. The van der Waals surface area contributed by atoms with Crippen LogP contribution in [-0.2, 0) is 4.74 Å². The highest BCUT2D eigenvalue weighted by Crippen LogP contribution is 2.30. The molecule has 2 saturated heterocycles. The van der Waals surface area contributed by atoms with Gasteiger partial charge in [0.05, 0.1) is 18.9 Å². The standard InChI is InChI=1S/C12H18N4O/c1-15-8-10(9-15)11-12(14-3-2-13-11)16-4-6-17-7-5-16/h2-3,10H,4-9H2,1H3. The lowest BCUT2D eigenvalue weighted by atomic mass is 9.96. The monoisotopic (exact) mass is 234 g/mol. The highest BCUT2D eigenvalue weighted by Gasteiger charge is 2.30. The Labute approximate surface area is 101 Å². The molecule has 0 amide bonds. The normalized spacial score (nSPS) is 22.5. The Morgan fingerprint density at radius 1 is 1.18 bits per heavy atom. The lowest BCUT2D eigenvalue weighted by Crippen LogP contribution is -2.44. The van der Waals surface area contributed by atoms with Gasteiger partial charge in [-0.15, -0.1) is 0 Å². The first kappa shape index (κ1) is 10.9. The van der Waals surface area contributed by atoms with Gasteiger partial charge in [0.2, 0.25) is 0 Å². The van der Waals surface area contributed by atoms with E-state index in [0.717, 1.165) is 50.9 Å². The highest BCUT2D eigenvalue weighted by atomic mass is 16.5. The van der Waals surface area contributed by atoms with Gasteiger partial charge in [-0.25, -0.2) is 4.98 Å². The van der Waals surface area contributed by atoms with E-state index >= 15 is 0 Å². The van der Waals surface area contributed by atoms with Gasteiger partial charge in [-0.1, -0.05) is 0 Å². The molecule has 5 heteroatoms. The van der Waals surface area contributed by atoms with Gasteiger partial charge >= 0.3 is 0 Å². The number of likely N-dealkylation sites (N-methyl/N-ethyl adjacent to an activating group) is 1. The van der Waals surface area contributed by atoms with Crippen molar-refractivity contribution in [1.82, 2.24) is 14.9 Å². The van der Waals surface area contributed by atoms with E-state index in [1.54, 1.807) is 12.4 Å². The molecule has 1 aromatic rings. The minimum Gasteiger partial charge on any atom is -0.378 e. The number of rotatable bonds is 2. The molecule has 92 valence electrons. The molecule has 0 atom stereocenters. The third-order valence-electron chi connectivity index (χ3n) is 3.47. The van der Waals surface area contributed by atoms with Crippen LogP contribution in [0.1, 0.15) is 11.6 Å². The molecule has 2 aliphatic heterocycles. The molecule has 0 aromatic carbocycles. The summed E-state index contributed by atoms with van der Waals surface area (Å²) in [6, 6.07) is 0. The molecule has 0 aliphatic carbocycles. The second-order valence-corrected chi connectivity index (χ2v) is 4.78. The topological polar surface area (TPSA) is 41.5 Å². The number of hydrogen-bond acceptors (Lipinski definition) is 5. The molecule has 3 rings (SSSR count). The molecule has 0 spiro atoms. The molecular weight excluding hydrogens is 216 g/mol. The summed E-state index contributed by atoms with van der Waals surface area (Å²) in [7, 11) is 2.14. The maximum absolute atomic E-state index is 5.38. The Kier molecular flexibility index (Phi) is 2.94. The average Bonchev–Trinajstić information content (AvgIpc) is 2.36. The van der Waals surface area contributed by atoms with Crippen molar-refractivity contribution >= 4 is 5.82 Å². The first-order valence-electron chi connectivity index (χ1n) is 6.17. The fraction of sp³-hybridized carbons (Fsp3) is 0.667. The zero-order valence-electron chi connectivity index (χ0n) is 10.2. The van der Waals surface area contributed by atoms with E-state index < -0.39 is 0 Å². The van der Waals surface area contributed by atoms with Crippen LogP contribution in [0.4, 0.5) is 5.82 Å². The van der Waals surface area contributed by atoms with Crippen LogP contribution < -0.4 is 4.90 Å². The molecule has 3 heterocycles.